The minimum atomic E-state index is 0.0365. The summed E-state index contributed by atoms with van der Waals surface area (Å²) in [6.07, 6.45) is 6.76. The van der Waals surface area contributed by atoms with Crippen molar-refractivity contribution in [2.75, 3.05) is 18.4 Å². The Morgan fingerprint density at radius 2 is 1.82 bits per heavy atom. The highest BCUT2D eigenvalue weighted by Gasteiger charge is 2.23. The molecule has 3 heterocycles. The summed E-state index contributed by atoms with van der Waals surface area (Å²) in [7, 11) is 6.13. The monoisotopic (exact) mass is 467 g/mol. The van der Waals surface area contributed by atoms with Crippen molar-refractivity contribution < 1.29 is 4.79 Å². The summed E-state index contributed by atoms with van der Waals surface area (Å²) in [6, 6.07) is 19.6. The van der Waals surface area contributed by atoms with Crippen LogP contribution in [0.5, 0.6) is 0 Å². The van der Waals surface area contributed by atoms with E-state index in [1.165, 1.54) is 0 Å². The first-order chi connectivity index (χ1) is 16.6. The Bertz CT molecular complexity index is 1350. The van der Waals surface area contributed by atoms with E-state index in [2.05, 4.69) is 10.4 Å². The number of hydrogen-bond donors (Lipinski definition) is 1. The maximum Gasteiger partial charge on any atom is 0.246 e. The third-order valence-corrected chi connectivity index (χ3v) is 6.36. The SMILES string of the molecule is [B]c1cnn2c(NC3CCN(C(=O)/C=C/c4ccccc4)CC3)cc(-c3ccccc3Cl)nc12. The predicted octanol–water partition coefficient (Wildman–Crippen LogP) is 3.96. The summed E-state index contributed by atoms with van der Waals surface area (Å²) in [5.41, 5.74) is 3.66. The number of halogens is 1. The number of benzene rings is 2. The second-order valence-corrected chi connectivity index (χ2v) is 8.74. The average Bonchev–Trinajstić information content (AvgIpc) is 3.25. The number of nitrogens with zero attached hydrogens (tertiary/aromatic N) is 4. The van der Waals surface area contributed by atoms with Crippen LogP contribution in [-0.4, -0.2) is 52.4 Å². The van der Waals surface area contributed by atoms with E-state index in [9.17, 15) is 4.79 Å². The van der Waals surface area contributed by atoms with E-state index < -0.39 is 0 Å². The quantitative estimate of drug-likeness (QED) is 0.356. The third kappa shape index (κ3) is 4.70. The molecule has 0 atom stereocenters. The average molecular weight is 468 g/mol. The smallest absolute Gasteiger partial charge is 0.246 e. The summed E-state index contributed by atoms with van der Waals surface area (Å²) >= 11 is 6.42. The minimum absolute atomic E-state index is 0.0365. The van der Waals surface area contributed by atoms with E-state index in [0.29, 0.717) is 29.2 Å². The Labute approximate surface area is 204 Å². The molecule has 1 amide bonds. The van der Waals surface area contributed by atoms with Gasteiger partial charge in [0.2, 0.25) is 5.91 Å². The van der Waals surface area contributed by atoms with Crippen molar-refractivity contribution in [1.82, 2.24) is 19.5 Å². The molecule has 1 fully saturated rings. The van der Waals surface area contributed by atoms with Crippen LogP contribution < -0.4 is 10.8 Å². The Hall–Kier alpha value is -3.58. The molecular weight excluding hydrogens is 445 g/mol. The van der Waals surface area contributed by atoms with Gasteiger partial charge in [-0.25, -0.2) is 4.98 Å². The number of amides is 1. The lowest BCUT2D eigenvalue weighted by Gasteiger charge is -2.32. The molecule has 0 spiro atoms. The molecule has 0 aliphatic carbocycles. The van der Waals surface area contributed by atoms with Crippen molar-refractivity contribution in [3.8, 4) is 11.3 Å². The molecule has 2 aromatic heterocycles. The fourth-order valence-electron chi connectivity index (χ4n) is 4.18. The molecule has 0 unspecified atom stereocenters. The molecule has 1 aliphatic heterocycles. The molecule has 1 saturated heterocycles. The highest BCUT2D eigenvalue weighted by Crippen LogP contribution is 2.29. The minimum Gasteiger partial charge on any atom is -0.367 e. The highest BCUT2D eigenvalue weighted by atomic mass is 35.5. The maximum atomic E-state index is 12.6. The molecule has 0 bridgehead atoms. The number of hydrogen-bond acceptors (Lipinski definition) is 4. The molecule has 34 heavy (non-hydrogen) atoms. The molecule has 5 rings (SSSR count). The largest absolute Gasteiger partial charge is 0.367 e. The molecule has 2 aromatic carbocycles. The number of carbonyl (C=O) groups excluding carboxylic acids is 1. The van der Waals surface area contributed by atoms with E-state index >= 15 is 0 Å². The summed E-state index contributed by atoms with van der Waals surface area (Å²) in [5.74, 6) is 0.833. The third-order valence-electron chi connectivity index (χ3n) is 6.03. The predicted molar refractivity (Wildman–Crippen MR) is 138 cm³/mol. The maximum absolute atomic E-state index is 12.6. The lowest BCUT2D eigenvalue weighted by Crippen LogP contribution is -2.42. The van der Waals surface area contributed by atoms with Crippen LogP contribution in [0.4, 0.5) is 5.82 Å². The Morgan fingerprint density at radius 1 is 1.09 bits per heavy atom. The molecule has 8 heteroatoms. The van der Waals surface area contributed by atoms with Gasteiger partial charge in [0, 0.05) is 48.1 Å². The summed E-state index contributed by atoms with van der Waals surface area (Å²) < 4.78 is 1.72. The van der Waals surface area contributed by atoms with Crippen molar-refractivity contribution >= 4 is 48.4 Å². The van der Waals surface area contributed by atoms with Gasteiger partial charge in [0.25, 0.3) is 0 Å². The van der Waals surface area contributed by atoms with Crippen LogP contribution in [0.15, 0.2) is 72.9 Å². The second kappa shape index (κ2) is 9.73. The van der Waals surface area contributed by atoms with Crippen molar-refractivity contribution in [2.24, 2.45) is 0 Å². The first-order valence-electron chi connectivity index (χ1n) is 11.3. The van der Waals surface area contributed by atoms with Crippen LogP contribution >= 0.6 is 11.6 Å². The summed E-state index contributed by atoms with van der Waals surface area (Å²) in [4.78, 5) is 19.2. The van der Waals surface area contributed by atoms with E-state index in [0.717, 1.165) is 35.5 Å². The van der Waals surface area contributed by atoms with Crippen molar-refractivity contribution in [2.45, 2.75) is 18.9 Å². The molecule has 2 radical (unpaired) electrons. The van der Waals surface area contributed by atoms with Crippen LogP contribution in [0.25, 0.3) is 23.0 Å². The Morgan fingerprint density at radius 3 is 2.59 bits per heavy atom. The number of likely N-dealkylation sites (tertiary alicyclic amines) is 1. The highest BCUT2D eigenvalue weighted by molar-refractivity contribution is 6.36. The number of carbonyl (C=O) groups is 1. The fraction of sp³-hybridized carbons (Fsp3) is 0.192. The zero-order chi connectivity index (χ0) is 23.5. The summed E-state index contributed by atoms with van der Waals surface area (Å²) in [5, 5.41) is 8.61. The standard InChI is InChI=1S/C26H23BClN5O/c27-21-17-29-33-24(16-23(31-26(21)33)20-8-4-5-9-22(20)28)30-19-12-14-32(15-13-19)25(34)11-10-18-6-2-1-3-7-18/h1-11,16-17,19,30H,12-15H2/b11-10+. The van der Waals surface area contributed by atoms with Gasteiger partial charge in [-0.2, -0.15) is 9.61 Å². The van der Waals surface area contributed by atoms with Crippen molar-refractivity contribution in [1.29, 1.82) is 0 Å². The Balaban J connectivity index is 1.30. The molecular formula is C26H23BClN5O. The van der Waals surface area contributed by atoms with Crippen molar-refractivity contribution in [3.63, 3.8) is 0 Å². The number of aromatic nitrogens is 3. The van der Waals surface area contributed by atoms with Gasteiger partial charge in [-0.15, -0.1) is 0 Å². The molecule has 1 N–H and O–H groups in total. The Kier molecular flexibility index (Phi) is 6.36. The lowest BCUT2D eigenvalue weighted by molar-refractivity contribution is -0.126. The first kappa shape index (κ1) is 22.2. The van der Waals surface area contributed by atoms with Crippen LogP contribution in [0.3, 0.4) is 0 Å². The normalized spacial score (nSPS) is 14.7. The number of rotatable bonds is 5. The van der Waals surface area contributed by atoms with E-state index in [1.54, 1.807) is 16.8 Å². The zero-order valence-corrected chi connectivity index (χ0v) is 19.3. The number of fused-ring (bicyclic) bond motifs is 1. The second-order valence-electron chi connectivity index (χ2n) is 8.33. The zero-order valence-electron chi connectivity index (χ0n) is 18.6. The first-order valence-corrected chi connectivity index (χ1v) is 11.6. The van der Waals surface area contributed by atoms with Crippen LogP contribution in [0.2, 0.25) is 5.02 Å². The number of nitrogens with one attached hydrogen (secondary N) is 1. The van der Waals surface area contributed by atoms with Gasteiger partial charge >= 0.3 is 0 Å². The molecule has 1 aliphatic rings. The summed E-state index contributed by atoms with van der Waals surface area (Å²) in [6.45, 7) is 1.37. The van der Waals surface area contributed by atoms with Crippen LogP contribution in [0, 0.1) is 0 Å². The molecule has 0 saturated carbocycles. The lowest BCUT2D eigenvalue weighted by atomic mass is 10.0. The fourth-order valence-corrected chi connectivity index (χ4v) is 4.41. The van der Waals surface area contributed by atoms with Gasteiger partial charge in [0.1, 0.15) is 13.7 Å². The van der Waals surface area contributed by atoms with Gasteiger partial charge in [0.15, 0.2) is 5.65 Å². The topological polar surface area (TPSA) is 62.5 Å². The van der Waals surface area contributed by atoms with E-state index in [1.807, 2.05) is 71.6 Å². The number of anilines is 1. The van der Waals surface area contributed by atoms with Crippen molar-refractivity contribution in [3.05, 3.63) is 83.5 Å². The van der Waals surface area contributed by atoms with E-state index in [4.69, 9.17) is 24.4 Å². The molecule has 4 aromatic rings. The van der Waals surface area contributed by atoms with E-state index in [-0.39, 0.29) is 11.9 Å². The number of piperidine rings is 1. The molecule has 6 nitrogen and oxygen atoms in total. The van der Waals surface area contributed by atoms with Gasteiger partial charge in [-0.1, -0.05) is 60.1 Å². The van der Waals surface area contributed by atoms with Gasteiger partial charge in [-0.05, 0) is 36.0 Å². The van der Waals surface area contributed by atoms with Crippen LogP contribution in [-0.2, 0) is 4.79 Å². The van der Waals surface area contributed by atoms with Gasteiger partial charge in [0.05, 0.1) is 5.69 Å². The van der Waals surface area contributed by atoms with Gasteiger partial charge < -0.3 is 10.2 Å². The van der Waals surface area contributed by atoms with Crippen LogP contribution in [0.1, 0.15) is 18.4 Å². The van der Waals surface area contributed by atoms with Gasteiger partial charge in [-0.3, -0.25) is 4.79 Å². The molecule has 168 valence electrons.